The van der Waals surface area contributed by atoms with Crippen LogP contribution in [0.25, 0.3) is 21.9 Å². The Balaban J connectivity index is 0.863. The number of hydrogen-bond donors (Lipinski definition) is 8. The van der Waals surface area contributed by atoms with E-state index in [2.05, 4.69) is 26.3 Å². The van der Waals surface area contributed by atoms with Crippen molar-refractivity contribution in [2.24, 2.45) is 12.8 Å². The number of H-pyrrole nitrogens is 1. The molecule has 1 unspecified atom stereocenters. The summed E-state index contributed by atoms with van der Waals surface area (Å²) >= 11 is 0. The van der Waals surface area contributed by atoms with Crippen molar-refractivity contribution in [2.45, 2.75) is 126 Å². The van der Waals surface area contributed by atoms with E-state index in [0.29, 0.717) is 55.1 Å². The number of carbonyl (C=O) groups is 8. The molecule has 23 heteroatoms. The molecule has 5 atom stereocenters. The average Bonchev–Trinajstić information content (AvgIpc) is 3.57. The molecule has 0 spiro atoms. The number of aryl methyl sites for hydroxylation is 2. The quantitative estimate of drug-likeness (QED) is 0.0264. The van der Waals surface area contributed by atoms with Gasteiger partial charge in [0.1, 0.15) is 17.8 Å². The third-order valence-electron chi connectivity index (χ3n) is 16.0. The highest BCUT2D eigenvalue weighted by Crippen LogP contribution is 2.39. The van der Waals surface area contributed by atoms with Gasteiger partial charge >= 0.3 is 13.3 Å². The molecule has 22 nitrogen and oxygen atoms in total. The Labute approximate surface area is 472 Å². The smallest absolute Gasteiger partial charge is 0.370 e. The highest BCUT2D eigenvalue weighted by molar-refractivity contribution is 7.70. The van der Waals surface area contributed by atoms with Crippen LogP contribution in [0.2, 0.25) is 0 Å². The number of carbonyl (C=O) groups excluding carboxylic acids is 8. The topological polar surface area (TPSA) is 317 Å². The van der Waals surface area contributed by atoms with E-state index in [9.17, 15) is 57.5 Å². The molecule has 82 heavy (non-hydrogen) atoms. The minimum absolute atomic E-state index is 0.0561. The lowest BCUT2D eigenvalue weighted by atomic mass is 9.98. The summed E-state index contributed by atoms with van der Waals surface area (Å²) in [7, 11) is -3.40. The maximum atomic E-state index is 14.6. The fraction of sp³-hybridized carbons (Fsp3) is 0.407. The van der Waals surface area contributed by atoms with E-state index in [1.807, 2.05) is 83.8 Å². The summed E-state index contributed by atoms with van der Waals surface area (Å²) < 4.78 is 14.8. The lowest BCUT2D eigenvalue weighted by Gasteiger charge is -2.39. The molecule has 3 aliphatic rings. The van der Waals surface area contributed by atoms with E-state index in [-0.39, 0.29) is 80.0 Å². The van der Waals surface area contributed by atoms with Crippen molar-refractivity contribution in [3.05, 3.63) is 142 Å². The van der Waals surface area contributed by atoms with Gasteiger partial charge in [-0.1, -0.05) is 92.1 Å². The normalized spacial score (nSPS) is 19.0. The first-order valence-corrected chi connectivity index (χ1v) is 29.5. The van der Waals surface area contributed by atoms with Gasteiger partial charge < -0.3 is 41.4 Å². The van der Waals surface area contributed by atoms with Gasteiger partial charge in [-0.15, -0.1) is 0 Å². The van der Waals surface area contributed by atoms with Crippen molar-refractivity contribution in [1.82, 2.24) is 45.2 Å². The van der Waals surface area contributed by atoms with Crippen LogP contribution in [-0.2, 0) is 46.8 Å². The predicted molar refractivity (Wildman–Crippen MR) is 304 cm³/mol. The largest absolute Gasteiger partial charge is 0.396 e. The van der Waals surface area contributed by atoms with Gasteiger partial charge in [0.2, 0.25) is 35.4 Å². The molecule has 0 aliphatic carbocycles. The number of piperidine rings is 1. The molecule has 9 N–H and O–H groups in total. The second-order valence-electron chi connectivity index (χ2n) is 21.6. The molecule has 4 aromatic carbocycles. The van der Waals surface area contributed by atoms with Crippen LogP contribution in [0, 0.1) is 0 Å². The number of aromatic nitrogens is 3. The molecule has 0 saturated carbocycles. The van der Waals surface area contributed by atoms with Gasteiger partial charge in [-0.25, -0.2) is 4.79 Å². The van der Waals surface area contributed by atoms with Gasteiger partial charge in [0.05, 0.1) is 29.2 Å². The van der Waals surface area contributed by atoms with E-state index in [1.165, 1.54) is 28.8 Å². The molecular weight excluding hydrogens is 1070 g/mol. The van der Waals surface area contributed by atoms with Crippen LogP contribution >= 0.6 is 7.60 Å². The number of benzene rings is 4. The zero-order valence-electron chi connectivity index (χ0n) is 45.6. The Morgan fingerprint density at radius 2 is 1.49 bits per heavy atom. The summed E-state index contributed by atoms with van der Waals surface area (Å²) in [5.74, 6) is -3.07. The third-order valence-corrected chi connectivity index (χ3v) is 16.8. The average molecular weight is 1140 g/mol. The molecule has 0 bridgehead atoms. The Morgan fingerprint density at radius 3 is 2.18 bits per heavy atom. The summed E-state index contributed by atoms with van der Waals surface area (Å²) in [6.45, 7) is 0.588. The van der Waals surface area contributed by atoms with Gasteiger partial charge in [0, 0.05) is 68.5 Å². The van der Waals surface area contributed by atoms with Crippen LogP contribution in [0.15, 0.2) is 108 Å². The van der Waals surface area contributed by atoms with Crippen molar-refractivity contribution < 1.29 is 52.7 Å². The minimum atomic E-state index is -5.08. The number of imide groups is 1. The number of fused-ring (bicyclic) bond motifs is 3. The number of primary amides is 1. The van der Waals surface area contributed by atoms with Gasteiger partial charge in [-0.3, -0.25) is 62.3 Å². The number of unbranched alkanes of at least 4 members (excludes halogenated alkanes) is 4. The highest BCUT2D eigenvalue weighted by Gasteiger charge is 2.42. The molecule has 6 aromatic rings. The summed E-state index contributed by atoms with van der Waals surface area (Å²) in [4.78, 5) is 146. The lowest BCUT2D eigenvalue weighted by molar-refractivity contribution is -0.136. The number of nitrogens with two attached hydrogens (primary N) is 1. The monoisotopic (exact) mass is 1140 g/mol. The summed E-state index contributed by atoms with van der Waals surface area (Å²) in [6, 6.07) is 25.7. The van der Waals surface area contributed by atoms with Crippen molar-refractivity contribution in [1.29, 1.82) is 0 Å². The van der Waals surface area contributed by atoms with Crippen LogP contribution in [-0.4, -0.2) is 124 Å². The van der Waals surface area contributed by atoms with E-state index in [1.54, 1.807) is 16.5 Å². The van der Waals surface area contributed by atoms with Crippen LogP contribution in [0.3, 0.4) is 0 Å². The molecule has 5 heterocycles. The van der Waals surface area contributed by atoms with Crippen molar-refractivity contribution in [3.8, 4) is 0 Å². The first-order valence-electron chi connectivity index (χ1n) is 27.9. The summed E-state index contributed by atoms with van der Waals surface area (Å²) in [6.07, 6.45) is 6.58. The summed E-state index contributed by atoms with van der Waals surface area (Å²) in [5.41, 5.74) is 8.17. The number of nitrogens with zero attached hydrogens (tertiary/aromatic N) is 4. The molecule has 2 aromatic heterocycles. The first kappa shape index (κ1) is 58.6. The number of amides is 7. The van der Waals surface area contributed by atoms with Crippen LogP contribution in [0.4, 0.5) is 0 Å². The lowest BCUT2D eigenvalue weighted by Crippen LogP contribution is -2.59. The number of hydrogen-bond acceptors (Lipinski definition) is 11. The third kappa shape index (κ3) is 13.6. The van der Waals surface area contributed by atoms with E-state index in [0.717, 1.165) is 47.9 Å². The minimum Gasteiger partial charge on any atom is -0.370 e. The number of rotatable bonds is 22. The molecule has 432 valence electrons. The van der Waals surface area contributed by atoms with Crippen molar-refractivity contribution >= 4 is 76.4 Å². The Kier molecular flexibility index (Phi) is 18.5. The number of aromatic amines is 1. The molecule has 0 radical (unpaired) electrons. The Hall–Kier alpha value is -8.04. The Bertz CT molecular complexity index is 3460. The first-order chi connectivity index (χ1) is 39.3. The van der Waals surface area contributed by atoms with Crippen LogP contribution in [0.5, 0.6) is 0 Å². The van der Waals surface area contributed by atoms with Crippen LogP contribution in [0.1, 0.15) is 133 Å². The Morgan fingerprint density at radius 1 is 0.780 bits per heavy atom. The van der Waals surface area contributed by atoms with E-state index < -0.39 is 72.9 Å². The highest BCUT2D eigenvalue weighted by atomic mass is 31.2. The fourth-order valence-corrected chi connectivity index (χ4v) is 12.3. The molecule has 7 amide bonds. The number of para-hydroxylation sites is 1. The molecular formula is C59H69N10O12P. The van der Waals surface area contributed by atoms with E-state index >= 15 is 0 Å². The second-order valence-corrected chi connectivity index (χ2v) is 23.1. The zero-order valence-corrected chi connectivity index (χ0v) is 46.5. The standard InChI is InChI=1S/C59H69N10O12P/c1-66-53-38(19-13-20-46(53)69(59(66)78)48-27-29-50(71)64-57(48)76)18-7-3-2-4-12-21-51(72)67-31-30-42-23-26-47(68(42)35-41(34-67)61-55(74)45-33-40-32-39(22-24-43(40)62-45)58(77)82(79,80)81)56(75)63-44(25-28-49(60)70)54(73)65-52(36-14-8-5-9-15-36)37-16-10-6-11-17-37/h5-6,8-11,13-17,19-20,22,24,32-33,41-42,44,47-48,52,62H,2-4,7,12,18,21,23,25-31,34-35H2,1H3,(H2,60,70)(H,61,74)(H,63,75)(H,65,73)(H,64,71,76)(H2,79,80,81)/t41-,42+,44-,47-,48?/m0/s1. The van der Waals surface area contributed by atoms with Gasteiger partial charge in [-0.2, -0.15) is 0 Å². The van der Waals surface area contributed by atoms with Crippen LogP contribution < -0.4 is 32.7 Å². The van der Waals surface area contributed by atoms with E-state index in [4.69, 9.17) is 5.73 Å². The SMILES string of the molecule is Cn1c(=O)n(C2CCC(=O)NC2=O)c2cccc(CCCCCCCC(=O)N3CC[C@H]4CC[C@@H](C(=O)N[C@@H](CCC(N)=O)C(=O)NC(c5ccccc5)c5ccccc5)N4C[C@@H](NC(=O)c4cc5cc(C(=O)P(=O)(O)O)ccc5[nH]4)C3)c21. The molecule has 9 rings (SSSR count). The maximum Gasteiger partial charge on any atom is 0.396 e. The van der Waals surface area contributed by atoms with Crippen molar-refractivity contribution in [2.75, 3.05) is 19.6 Å². The fourth-order valence-electron chi connectivity index (χ4n) is 11.9. The second kappa shape index (κ2) is 25.8. The summed E-state index contributed by atoms with van der Waals surface area (Å²) in [5, 5.41) is 11.8. The van der Waals surface area contributed by atoms with Gasteiger partial charge in [0.15, 0.2) is 0 Å². The molecule has 3 aliphatic heterocycles. The number of imidazole rings is 1. The molecule has 3 fully saturated rings. The number of nitrogens with one attached hydrogen (secondary N) is 5. The predicted octanol–water partition coefficient (Wildman–Crippen LogP) is 4.52. The van der Waals surface area contributed by atoms with Crippen molar-refractivity contribution in [3.63, 3.8) is 0 Å². The maximum absolute atomic E-state index is 14.6. The van der Waals surface area contributed by atoms with Gasteiger partial charge in [0.25, 0.3) is 11.4 Å². The van der Waals surface area contributed by atoms with Gasteiger partial charge in [-0.05, 0) is 98.4 Å². The zero-order chi connectivity index (χ0) is 58.2. The molecule has 3 saturated heterocycles.